The van der Waals surface area contributed by atoms with Crippen molar-refractivity contribution < 1.29 is 33.3 Å². The van der Waals surface area contributed by atoms with Crippen molar-refractivity contribution in [2.75, 3.05) is 34.2 Å². The molecule has 3 rings (SSSR count). The highest BCUT2D eigenvalue weighted by Gasteiger charge is 2.18. The summed E-state index contributed by atoms with van der Waals surface area (Å²) in [6, 6.07) is 10.7. The Hall–Kier alpha value is -3.42. The number of hydrogen-bond acceptors (Lipinski definition) is 7. The topological polar surface area (TPSA) is 83.5 Å². The first-order valence-electron chi connectivity index (χ1n) is 9.56. The van der Waals surface area contributed by atoms with Crippen molar-refractivity contribution in [2.24, 2.45) is 0 Å². The molecule has 0 aliphatic carbocycles. The van der Waals surface area contributed by atoms with Crippen molar-refractivity contribution in [3.05, 3.63) is 47.5 Å². The zero-order valence-corrected chi connectivity index (χ0v) is 17.3. The Balaban J connectivity index is 1.52. The Morgan fingerprint density at radius 3 is 2.43 bits per heavy atom. The molecule has 1 aliphatic heterocycles. The number of rotatable bonds is 9. The standard InChI is InChI=1S/C22H25NO7/c1-4-23(12-16-6-8-18-20(10-16)30-14-29-18)21(24)13-28-22(25)11-15-5-7-17(26-2)19(9-15)27-3/h5-10H,4,11-14H2,1-3H3. The average Bonchev–Trinajstić information content (AvgIpc) is 3.23. The van der Waals surface area contributed by atoms with Crippen LogP contribution in [-0.4, -0.2) is 50.9 Å². The number of likely N-dealkylation sites (N-methyl/N-ethyl adjacent to an activating group) is 1. The highest BCUT2D eigenvalue weighted by molar-refractivity contribution is 5.81. The zero-order chi connectivity index (χ0) is 21.5. The fourth-order valence-electron chi connectivity index (χ4n) is 3.08. The van der Waals surface area contributed by atoms with Crippen molar-refractivity contribution in [3.8, 4) is 23.0 Å². The molecule has 8 nitrogen and oxygen atoms in total. The van der Waals surface area contributed by atoms with Gasteiger partial charge in [0.2, 0.25) is 6.79 Å². The van der Waals surface area contributed by atoms with Crippen LogP contribution in [0, 0.1) is 0 Å². The lowest BCUT2D eigenvalue weighted by Gasteiger charge is -2.21. The molecule has 0 spiro atoms. The summed E-state index contributed by atoms with van der Waals surface area (Å²) in [4.78, 5) is 26.3. The summed E-state index contributed by atoms with van der Waals surface area (Å²) >= 11 is 0. The summed E-state index contributed by atoms with van der Waals surface area (Å²) in [5, 5.41) is 0. The first kappa shape index (κ1) is 21.3. The Bertz CT molecular complexity index is 912. The number of methoxy groups -OCH3 is 2. The molecule has 0 unspecified atom stereocenters. The Morgan fingerprint density at radius 2 is 1.70 bits per heavy atom. The van der Waals surface area contributed by atoms with Gasteiger partial charge in [-0.3, -0.25) is 9.59 Å². The number of carbonyl (C=O) groups excluding carboxylic acids is 2. The second-order valence-electron chi connectivity index (χ2n) is 6.62. The van der Waals surface area contributed by atoms with E-state index in [1.54, 1.807) is 30.2 Å². The minimum absolute atomic E-state index is 0.0297. The maximum Gasteiger partial charge on any atom is 0.310 e. The van der Waals surface area contributed by atoms with E-state index in [9.17, 15) is 9.59 Å². The highest BCUT2D eigenvalue weighted by Crippen LogP contribution is 2.32. The second-order valence-corrected chi connectivity index (χ2v) is 6.62. The number of amides is 1. The summed E-state index contributed by atoms with van der Waals surface area (Å²) in [5.74, 6) is 1.70. The molecule has 0 N–H and O–H groups in total. The Morgan fingerprint density at radius 1 is 0.967 bits per heavy atom. The van der Waals surface area contributed by atoms with Gasteiger partial charge in [-0.15, -0.1) is 0 Å². The van der Waals surface area contributed by atoms with E-state index in [2.05, 4.69) is 0 Å². The number of carbonyl (C=O) groups is 2. The van der Waals surface area contributed by atoms with Gasteiger partial charge in [-0.2, -0.15) is 0 Å². The molecular formula is C22H25NO7. The lowest BCUT2D eigenvalue weighted by atomic mass is 10.1. The van der Waals surface area contributed by atoms with E-state index >= 15 is 0 Å². The van der Waals surface area contributed by atoms with Crippen molar-refractivity contribution in [3.63, 3.8) is 0 Å². The highest BCUT2D eigenvalue weighted by atomic mass is 16.7. The largest absolute Gasteiger partial charge is 0.493 e. The van der Waals surface area contributed by atoms with E-state index in [4.69, 9.17) is 23.7 Å². The molecule has 0 aromatic heterocycles. The van der Waals surface area contributed by atoms with Crippen molar-refractivity contribution in [2.45, 2.75) is 19.9 Å². The summed E-state index contributed by atoms with van der Waals surface area (Å²) in [5.41, 5.74) is 1.61. The normalized spacial score (nSPS) is 11.7. The van der Waals surface area contributed by atoms with E-state index < -0.39 is 5.97 Å². The van der Waals surface area contributed by atoms with Crippen molar-refractivity contribution >= 4 is 11.9 Å². The Labute approximate surface area is 175 Å². The van der Waals surface area contributed by atoms with Gasteiger partial charge in [0.1, 0.15) is 0 Å². The fourth-order valence-corrected chi connectivity index (χ4v) is 3.08. The van der Waals surface area contributed by atoms with Crippen LogP contribution in [-0.2, 0) is 27.3 Å². The number of fused-ring (bicyclic) bond motifs is 1. The predicted octanol–water partition coefficient (Wildman–Crippen LogP) is 2.57. The minimum Gasteiger partial charge on any atom is -0.493 e. The average molecular weight is 415 g/mol. The van der Waals surface area contributed by atoms with Gasteiger partial charge in [-0.1, -0.05) is 12.1 Å². The van der Waals surface area contributed by atoms with E-state index in [1.807, 2.05) is 25.1 Å². The van der Waals surface area contributed by atoms with Crippen LogP contribution in [0.4, 0.5) is 0 Å². The van der Waals surface area contributed by atoms with Crippen molar-refractivity contribution in [1.82, 2.24) is 4.90 Å². The van der Waals surface area contributed by atoms with Gasteiger partial charge >= 0.3 is 5.97 Å². The Kier molecular flexibility index (Phi) is 7.00. The molecule has 0 saturated heterocycles. The van der Waals surface area contributed by atoms with Crippen molar-refractivity contribution in [1.29, 1.82) is 0 Å². The number of nitrogens with zero attached hydrogens (tertiary/aromatic N) is 1. The van der Waals surface area contributed by atoms with Crippen LogP contribution in [0.1, 0.15) is 18.1 Å². The molecule has 1 amide bonds. The first-order valence-corrected chi connectivity index (χ1v) is 9.56. The van der Waals surface area contributed by atoms with Crippen LogP contribution in [0.5, 0.6) is 23.0 Å². The molecule has 30 heavy (non-hydrogen) atoms. The summed E-state index contributed by atoms with van der Waals surface area (Å²) < 4.78 is 26.3. The third-order valence-electron chi connectivity index (χ3n) is 4.70. The van der Waals surface area contributed by atoms with E-state index in [-0.39, 0.29) is 25.7 Å². The van der Waals surface area contributed by atoms with Crippen LogP contribution in [0.2, 0.25) is 0 Å². The predicted molar refractivity (Wildman–Crippen MR) is 108 cm³/mol. The van der Waals surface area contributed by atoms with Crippen LogP contribution in [0.25, 0.3) is 0 Å². The number of benzene rings is 2. The molecule has 160 valence electrons. The van der Waals surface area contributed by atoms with Crippen LogP contribution in [0.15, 0.2) is 36.4 Å². The second kappa shape index (κ2) is 9.87. The summed E-state index contributed by atoms with van der Waals surface area (Å²) in [6.07, 6.45) is 0.0297. The molecule has 2 aromatic carbocycles. The van der Waals surface area contributed by atoms with Crippen LogP contribution >= 0.6 is 0 Å². The number of hydrogen-bond donors (Lipinski definition) is 0. The summed E-state index contributed by atoms with van der Waals surface area (Å²) in [6.45, 7) is 2.63. The molecule has 0 atom stereocenters. The lowest BCUT2D eigenvalue weighted by Crippen LogP contribution is -2.34. The fraction of sp³-hybridized carbons (Fsp3) is 0.364. The van der Waals surface area contributed by atoms with Crippen LogP contribution in [0.3, 0.4) is 0 Å². The molecule has 0 saturated carbocycles. The molecular weight excluding hydrogens is 390 g/mol. The molecule has 0 fully saturated rings. The zero-order valence-electron chi connectivity index (χ0n) is 17.3. The molecule has 2 aromatic rings. The quantitative estimate of drug-likeness (QED) is 0.582. The van der Waals surface area contributed by atoms with Crippen LogP contribution < -0.4 is 18.9 Å². The molecule has 0 bridgehead atoms. The van der Waals surface area contributed by atoms with Gasteiger partial charge in [0.25, 0.3) is 5.91 Å². The smallest absolute Gasteiger partial charge is 0.310 e. The summed E-state index contributed by atoms with van der Waals surface area (Å²) in [7, 11) is 3.07. The maximum atomic E-state index is 12.5. The van der Waals surface area contributed by atoms with E-state index in [1.165, 1.54) is 7.11 Å². The van der Waals surface area contributed by atoms with Gasteiger partial charge in [0.05, 0.1) is 20.6 Å². The van der Waals surface area contributed by atoms with Gasteiger partial charge < -0.3 is 28.6 Å². The van der Waals surface area contributed by atoms with Gasteiger partial charge in [0.15, 0.2) is 29.6 Å². The molecule has 1 aliphatic rings. The van der Waals surface area contributed by atoms with Gasteiger partial charge in [-0.05, 0) is 42.3 Å². The maximum absolute atomic E-state index is 12.5. The molecule has 0 radical (unpaired) electrons. The first-order chi connectivity index (χ1) is 14.5. The van der Waals surface area contributed by atoms with E-state index in [0.717, 1.165) is 5.56 Å². The van der Waals surface area contributed by atoms with Gasteiger partial charge in [0, 0.05) is 13.1 Å². The number of esters is 1. The number of ether oxygens (including phenoxy) is 5. The third kappa shape index (κ3) is 5.14. The SMILES string of the molecule is CCN(Cc1ccc2c(c1)OCO2)C(=O)COC(=O)Cc1ccc(OC)c(OC)c1. The third-order valence-corrected chi connectivity index (χ3v) is 4.70. The minimum atomic E-state index is -0.491. The lowest BCUT2D eigenvalue weighted by molar-refractivity contribution is -0.151. The molecule has 8 heteroatoms. The van der Waals surface area contributed by atoms with Gasteiger partial charge in [-0.25, -0.2) is 0 Å². The van der Waals surface area contributed by atoms with E-state index in [0.29, 0.717) is 41.7 Å². The monoisotopic (exact) mass is 415 g/mol. The molecule has 1 heterocycles.